The number of carboxylic acid groups (broad SMARTS) is 2. The van der Waals surface area contributed by atoms with Crippen LogP contribution in [0.4, 0.5) is 0 Å². The maximum absolute atomic E-state index is 12.2. The minimum Gasteiger partial charge on any atom is -0.503 e. The molecular weight excluding hydrogens is 370 g/mol. The normalized spacial score (nSPS) is 11.2. The molecule has 28 heavy (non-hydrogen) atoms. The average Bonchev–Trinajstić information content (AvgIpc) is 2.61. The number of carbonyl (C=O) groups is 3. The van der Waals surface area contributed by atoms with E-state index in [1.54, 1.807) is 18.5 Å². The molecule has 1 aromatic rings. The molecule has 0 fully saturated rings. The van der Waals surface area contributed by atoms with Crippen molar-refractivity contribution in [2.24, 2.45) is 12.8 Å². The fraction of sp³-hybridized carbons (Fsp3) is 0.556. The van der Waals surface area contributed by atoms with Crippen LogP contribution in [0.2, 0.25) is 0 Å². The van der Waals surface area contributed by atoms with Gasteiger partial charge in [0.05, 0.1) is 12.2 Å². The van der Waals surface area contributed by atoms with Crippen molar-refractivity contribution >= 4 is 17.8 Å². The highest BCUT2D eigenvalue weighted by Crippen LogP contribution is 2.23. The van der Waals surface area contributed by atoms with Crippen molar-refractivity contribution in [2.45, 2.75) is 57.5 Å². The molecule has 156 valence electrons. The van der Waals surface area contributed by atoms with Crippen LogP contribution < -0.4 is 16.5 Å². The zero-order valence-corrected chi connectivity index (χ0v) is 16.0. The number of nitrogens with zero attached hydrogens (tertiary/aromatic N) is 1. The summed E-state index contributed by atoms with van der Waals surface area (Å²) >= 11 is 0. The van der Waals surface area contributed by atoms with Crippen molar-refractivity contribution in [3.05, 3.63) is 27.7 Å². The van der Waals surface area contributed by atoms with Crippen LogP contribution in [0.15, 0.2) is 10.9 Å². The molecule has 0 aliphatic heterocycles. The standard InChI is InChI=1S/C18H27N3O7/c1-11-9-13(22)17(28)12(21(11)2)10-20-14(23)3-6-18(19,7-4-15(24)25)8-5-16(26)27/h9,28H,3-8,10,19H2,1-2H3,(H,20,23)(H,24,25)(H,26,27). The van der Waals surface area contributed by atoms with Crippen molar-refractivity contribution < 1.29 is 29.7 Å². The Bertz CT molecular complexity index is 783. The summed E-state index contributed by atoms with van der Waals surface area (Å²) in [6.07, 6.45) is -0.283. The summed E-state index contributed by atoms with van der Waals surface area (Å²) in [5, 5.41) is 30.2. The van der Waals surface area contributed by atoms with Gasteiger partial charge >= 0.3 is 11.9 Å². The number of nitrogens with two attached hydrogens (primary N) is 1. The van der Waals surface area contributed by atoms with E-state index in [1.807, 2.05) is 0 Å². The van der Waals surface area contributed by atoms with E-state index >= 15 is 0 Å². The molecule has 0 aliphatic rings. The second-order valence-electron chi connectivity index (χ2n) is 6.93. The highest BCUT2D eigenvalue weighted by Gasteiger charge is 2.27. The number of hydrogen-bond donors (Lipinski definition) is 5. The van der Waals surface area contributed by atoms with Crippen LogP contribution in [0.3, 0.4) is 0 Å². The van der Waals surface area contributed by atoms with E-state index in [0.717, 1.165) is 0 Å². The molecule has 1 heterocycles. The van der Waals surface area contributed by atoms with Crippen LogP contribution in [0.25, 0.3) is 0 Å². The number of hydrogen-bond acceptors (Lipinski definition) is 6. The van der Waals surface area contributed by atoms with Crippen LogP contribution in [-0.4, -0.2) is 43.3 Å². The summed E-state index contributed by atoms with van der Waals surface area (Å²) < 4.78 is 1.59. The monoisotopic (exact) mass is 397 g/mol. The Morgan fingerprint density at radius 2 is 1.61 bits per heavy atom. The maximum Gasteiger partial charge on any atom is 0.303 e. The first-order valence-electron chi connectivity index (χ1n) is 8.83. The van der Waals surface area contributed by atoms with Crippen molar-refractivity contribution in [1.82, 2.24) is 9.88 Å². The molecule has 0 aromatic carbocycles. The smallest absolute Gasteiger partial charge is 0.303 e. The van der Waals surface area contributed by atoms with Crippen LogP contribution >= 0.6 is 0 Å². The van der Waals surface area contributed by atoms with Crippen LogP contribution in [0.5, 0.6) is 5.75 Å². The topological polar surface area (TPSA) is 172 Å². The molecule has 0 radical (unpaired) electrons. The van der Waals surface area contributed by atoms with Crippen LogP contribution in [-0.2, 0) is 28.0 Å². The number of rotatable bonds is 11. The molecule has 1 rings (SSSR count). The minimum absolute atomic E-state index is 0.0454. The van der Waals surface area contributed by atoms with E-state index in [-0.39, 0.29) is 50.8 Å². The van der Waals surface area contributed by atoms with E-state index in [9.17, 15) is 24.3 Å². The van der Waals surface area contributed by atoms with Gasteiger partial charge < -0.3 is 30.9 Å². The van der Waals surface area contributed by atoms with Gasteiger partial charge in [0, 0.05) is 43.6 Å². The first kappa shape index (κ1) is 23.2. The van der Waals surface area contributed by atoms with Crippen LogP contribution in [0, 0.1) is 6.92 Å². The molecule has 0 atom stereocenters. The summed E-state index contributed by atoms with van der Waals surface area (Å²) in [4.78, 5) is 45.4. The highest BCUT2D eigenvalue weighted by molar-refractivity contribution is 5.76. The summed E-state index contributed by atoms with van der Waals surface area (Å²) in [5.41, 5.74) is 5.40. The van der Waals surface area contributed by atoms with E-state index < -0.39 is 34.6 Å². The van der Waals surface area contributed by atoms with Gasteiger partial charge in [-0.3, -0.25) is 19.2 Å². The lowest BCUT2D eigenvalue weighted by Gasteiger charge is -2.28. The van der Waals surface area contributed by atoms with Gasteiger partial charge in [-0.25, -0.2) is 0 Å². The molecule has 0 bridgehead atoms. The number of aryl methyl sites for hydroxylation is 1. The number of aliphatic carboxylic acids is 2. The van der Waals surface area contributed by atoms with Crippen molar-refractivity contribution in [2.75, 3.05) is 0 Å². The fourth-order valence-corrected chi connectivity index (χ4v) is 2.79. The lowest BCUT2D eigenvalue weighted by Crippen LogP contribution is -2.42. The van der Waals surface area contributed by atoms with Gasteiger partial charge in [0.1, 0.15) is 0 Å². The molecule has 10 heteroatoms. The van der Waals surface area contributed by atoms with Crippen molar-refractivity contribution in [1.29, 1.82) is 0 Å². The van der Waals surface area contributed by atoms with Gasteiger partial charge in [-0.1, -0.05) is 0 Å². The van der Waals surface area contributed by atoms with Crippen LogP contribution in [0.1, 0.15) is 49.9 Å². The molecule has 6 N–H and O–H groups in total. The molecule has 1 aromatic heterocycles. The summed E-state index contributed by atoms with van der Waals surface area (Å²) in [6, 6.07) is 1.29. The molecule has 0 spiro atoms. The van der Waals surface area contributed by atoms with Gasteiger partial charge in [0.15, 0.2) is 5.75 Å². The molecule has 0 saturated heterocycles. The first-order chi connectivity index (χ1) is 12.9. The molecule has 0 unspecified atom stereocenters. The van der Waals surface area contributed by atoms with E-state index in [4.69, 9.17) is 15.9 Å². The number of aromatic nitrogens is 1. The molecular formula is C18H27N3O7. The zero-order chi connectivity index (χ0) is 21.5. The minimum atomic E-state index is -1.09. The number of nitrogens with one attached hydrogen (secondary N) is 1. The molecule has 10 nitrogen and oxygen atoms in total. The lowest BCUT2D eigenvalue weighted by atomic mass is 9.84. The Morgan fingerprint density at radius 1 is 1.11 bits per heavy atom. The number of carboxylic acids is 2. The molecule has 0 saturated carbocycles. The summed E-state index contributed by atoms with van der Waals surface area (Å²) in [7, 11) is 1.65. The van der Waals surface area contributed by atoms with Gasteiger partial charge in [-0.2, -0.15) is 0 Å². The second kappa shape index (κ2) is 9.88. The average molecular weight is 397 g/mol. The van der Waals surface area contributed by atoms with E-state index in [1.165, 1.54) is 6.07 Å². The largest absolute Gasteiger partial charge is 0.503 e. The number of pyridine rings is 1. The number of amides is 1. The predicted molar refractivity (Wildman–Crippen MR) is 99.8 cm³/mol. The van der Waals surface area contributed by atoms with Gasteiger partial charge in [-0.15, -0.1) is 0 Å². The Morgan fingerprint density at radius 3 is 2.11 bits per heavy atom. The van der Waals surface area contributed by atoms with Gasteiger partial charge in [0.2, 0.25) is 11.3 Å². The second-order valence-corrected chi connectivity index (χ2v) is 6.93. The Labute approximate surface area is 162 Å². The molecule has 0 aliphatic carbocycles. The first-order valence-corrected chi connectivity index (χ1v) is 8.83. The number of carbonyl (C=O) groups excluding carboxylic acids is 1. The maximum atomic E-state index is 12.2. The van der Waals surface area contributed by atoms with Gasteiger partial charge in [0.25, 0.3) is 0 Å². The number of aromatic hydroxyl groups is 1. The molecule has 1 amide bonds. The summed E-state index contributed by atoms with van der Waals surface area (Å²) in [6.45, 7) is 1.62. The fourth-order valence-electron chi connectivity index (χ4n) is 2.79. The SMILES string of the molecule is Cc1cc(=O)c(O)c(CNC(=O)CCC(N)(CCC(=O)O)CCC(=O)O)n1C. The Hall–Kier alpha value is -2.88. The highest BCUT2D eigenvalue weighted by atomic mass is 16.4. The third-order valence-electron chi connectivity index (χ3n) is 4.76. The quantitative estimate of drug-likeness (QED) is 0.353. The lowest BCUT2D eigenvalue weighted by molar-refractivity contribution is -0.137. The van der Waals surface area contributed by atoms with E-state index in [2.05, 4.69) is 5.32 Å². The summed E-state index contributed by atoms with van der Waals surface area (Å²) in [5.74, 6) is -2.95. The third kappa shape index (κ3) is 7.03. The Kier molecular flexibility index (Phi) is 8.17. The van der Waals surface area contributed by atoms with E-state index in [0.29, 0.717) is 5.69 Å². The Balaban J connectivity index is 2.71. The zero-order valence-electron chi connectivity index (χ0n) is 16.0. The van der Waals surface area contributed by atoms with Crippen molar-refractivity contribution in [3.8, 4) is 5.75 Å². The predicted octanol–water partition coefficient (Wildman–Crippen LogP) is 0.223. The third-order valence-corrected chi connectivity index (χ3v) is 4.76. The van der Waals surface area contributed by atoms with Crippen molar-refractivity contribution in [3.63, 3.8) is 0 Å². The van der Waals surface area contributed by atoms with Gasteiger partial charge in [-0.05, 0) is 26.2 Å².